The van der Waals surface area contributed by atoms with Gasteiger partial charge in [-0.05, 0) is 55.5 Å². The molecule has 0 saturated heterocycles. The molecule has 162 valence electrons. The minimum absolute atomic E-state index is 0.0491. The predicted molar refractivity (Wildman–Crippen MR) is 117 cm³/mol. The average Bonchev–Trinajstić information content (AvgIpc) is 2.74. The smallest absolute Gasteiger partial charge is 0.338 e. The molecule has 10 heteroatoms. The molecule has 0 aliphatic heterocycles. The molecule has 0 aromatic heterocycles. The number of hydrogen-bond acceptors (Lipinski definition) is 5. The molecule has 7 nitrogen and oxygen atoms in total. The molecule has 2 rings (SSSR count). The first-order chi connectivity index (χ1) is 14.3. The lowest BCUT2D eigenvalue weighted by Gasteiger charge is -2.20. The van der Waals surface area contributed by atoms with Crippen LogP contribution >= 0.6 is 23.2 Å². The Bertz CT molecular complexity index is 958. The van der Waals surface area contributed by atoms with Gasteiger partial charge in [0, 0.05) is 36.1 Å². The van der Waals surface area contributed by atoms with E-state index < -0.39 is 21.9 Å². The molecule has 0 bridgehead atoms. The van der Waals surface area contributed by atoms with Gasteiger partial charge in [0.1, 0.15) is 0 Å². The quantitative estimate of drug-likeness (QED) is 0.421. The van der Waals surface area contributed by atoms with Gasteiger partial charge >= 0.3 is 5.97 Å². The summed E-state index contributed by atoms with van der Waals surface area (Å²) in [6.07, 6.45) is 0. The molecule has 2 aromatic rings. The van der Waals surface area contributed by atoms with Crippen LogP contribution in [0.3, 0.4) is 0 Å². The molecule has 0 fully saturated rings. The highest BCUT2D eigenvalue weighted by molar-refractivity contribution is 7.89. The Balaban J connectivity index is 2.10. The van der Waals surface area contributed by atoms with Crippen LogP contribution < -0.4 is 5.32 Å². The highest BCUT2D eigenvalue weighted by atomic mass is 35.5. The van der Waals surface area contributed by atoms with E-state index in [1.807, 2.05) is 0 Å². The lowest BCUT2D eigenvalue weighted by molar-refractivity contribution is 0.0526. The van der Waals surface area contributed by atoms with E-state index in [4.69, 9.17) is 27.9 Å². The number of benzene rings is 2. The number of hydrogen-bond donors (Lipinski definition) is 1. The lowest BCUT2D eigenvalue weighted by Crippen LogP contribution is -2.34. The van der Waals surface area contributed by atoms with Crippen LogP contribution in [0.15, 0.2) is 53.4 Å². The van der Waals surface area contributed by atoms with E-state index in [1.54, 1.807) is 31.2 Å². The van der Waals surface area contributed by atoms with Crippen LogP contribution in [0.4, 0.5) is 5.69 Å². The van der Waals surface area contributed by atoms with Gasteiger partial charge in [-0.25, -0.2) is 13.2 Å². The molecular formula is C20H22Cl2N2O5S. The number of nitrogens with one attached hydrogen (secondary N) is 1. The molecule has 1 amide bonds. The fraction of sp³-hybridized carbons (Fsp3) is 0.300. The Morgan fingerprint density at radius 3 is 1.97 bits per heavy atom. The molecule has 2 aromatic carbocycles. The second-order valence-electron chi connectivity index (χ2n) is 6.06. The third-order valence-corrected chi connectivity index (χ3v) is 6.33. The Hall–Kier alpha value is -2.13. The first-order valence-corrected chi connectivity index (χ1v) is 11.6. The van der Waals surface area contributed by atoms with Crippen molar-refractivity contribution in [2.75, 3.05) is 36.8 Å². The number of esters is 1. The monoisotopic (exact) mass is 472 g/mol. The maximum atomic E-state index is 12.7. The van der Waals surface area contributed by atoms with Crippen molar-refractivity contribution in [1.29, 1.82) is 0 Å². The van der Waals surface area contributed by atoms with Gasteiger partial charge in [0.15, 0.2) is 0 Å². The van der Waals surface area contributed by atoms with Gasteiger partial charge in [-0.2, -0.15) is 4.31 Å². The maximum Gasteiger partial charge on any atom is 0.338 e. The number of alkyl halides is 2. The minimum atomic E-state index is -3.76. The van der Waals surface area contributed by atoms with Crippen molar-refractivity contribution in [3.8, 4) is 0 Å². The molecular weight excluding hydrogens is 451 g/mol. The second-order valence-corrected chi connectivity index (χ2v) is 8.75. The van der Waals surface area contributed by atoms with Gasteiger partial charge in [-0.3, -0.25) is 4.79 Å². The van der Waals surface area contributed by atoms with Crippen molar-refractivity contribution in [3.63, 3.8) is 0 Å². The molecule has 1 N–H and O–H groups in total. The molecule has 30 heavy (non-hydrogen) atoms. The van der Waals surface area contributed by atoms with Crippen molar-refractivity contribution in [2.24, 2.45) is 0 Å². The summed E-state index contributed by atoms with van der Waals surface area (Å²) in [6, 6.07) is 11.8. The Morgan fingerprint density at radius 2 is 1.47 bits per heavy atom. The number of carbonyl (C=O) groups excluding carboxylic acids is 2. The molecule has 0 aliphatic rings. The van der Waals surface area contributed by atoms with E-state index in [-0.39, 0.29) is 41.9 Å². The molecule has 0 spiro atoms. The van der Waals surface area contributed by atoms with Gasteiger partial charge in [0.2, 0.25) is 10.0 Å². The molecule has 0 aliphatic carbocycles. The van der Waals surface area contributed by atoms with E-state index in [2.05, 4.69) is 5.32 Å². The second kappa shape index (κ2) is 11.3. The van der Waals surface area contributed by atoms with Gasteiger partial charge in [0.05, 0.1) is 17.1 Å². The molecule has 0 unspecified atom stereocenters. The van der Waals surface area contributed by atoms with E-state index in [1.165, 1.54) is 28.6 Å². The number of amides is 1. The Kier molecular flexibility index (Phi) is 9.10. The fourth-order valence-electron chi connectivity index (χ4n) is 2.58. The lowest BCUT2D eigenvalue weighted by atomic mass is 10.2. The van der Waals surface area contributed by atoms with Crippen molar-refractivity contribution >= 4 is 50.8 Å². The summed E-state index contributed by atoms with van der Waals surface area (Å²) >= 11 is 11.4. The third-order valence-electron chi connectivity index (χ3n) is 4.08. The van der Waals surface area contributed by atoms with E-state index in [9.17, 15) is 18.0 Å². The first-order valence-electron chi connectivity index (χ1n) is 9.14. The number of sulfonamides is 1. The highest BCUT2D eigenvalue weighted by Gasteiger charge is 2.23. The first kappa shape index (κ1) is 24.1. The predicted octanol–water partition coefficient (Wildman–Crippen LogP) is 3.58. The normalized spacial score (nSPS) is 11.3. The van der Waals surface area contributed by atoms with Crippen molar-refractivity contribution in [2.45, 2.75) is 11.8 Å². The van der Waals surface area contributed by atoms with Crippen LogP contribution in [0, 0.1) is 0 Å². The maximum absolute atomic E-state index is 12.7. The van der Waals surface area contributed by atoms with Crippen molar-refractivity contribution in [3.05, 3.63) is 59.7 Å². The zero-order valence-electron chi connectivity index (χ0n) is 16.3. The van der Waals surface area contributed by atoms with E-state index >= 15 is 0 Å². The standard InChI is InChI=1S/C20H22Cl2N2O5S/c1-2-29-20(26)16-3-7-17(8-4-16)23-19(25)15-5-9-18(10-6-15)30(27,28)24(13-11-21)14-12-22/h3-10H,2,11-14H2,1H3,(H,23,25). The van der Waals surface area contributed by atoms with Crippen LogP contribution in [0.2, 0.25) is 0 Å². The summed E-state index contributed by atoms with van der Waals surface area (Å²) in [5, 5.41) is 2.69. The Labute approximate surface area is 186 Å². The summed E-state index contributed by atoms with van der Waals surface area (Å²) in [5.41, 5.74) is 1.15. The van der Waals surface area contributed by atoms with Crippen LogP contribution in [-0.2, 0) is 14.8 Å². The summed E-state index contributed by atoms with van der Waals surface area (Å²) in [4.78, 5) is 24.2. The molecule has 0 atom stereocenters. The summed E-state index contributed by atoms with van der Waals surface area (Å²) < 4.78 is 31.5. The van der Waals surface area contributed by atoms with Crippen LogP contribution in [-0.4, -0.2) is 56.1 Å². The zero-order valence-corrected chi connectivity index (χ0v) is 18.6. The minimum Gasteiger partial charge on any atom is -0.462 e. The van der Waals surface area contributed by atoms with Gasteiger partial charge in [-0.15, -0.1) is 23.2 Å². The summed E-state index contributed by atoms with van der Waals surface area (Å²) in [6.45, 7) is 2.27. The van der Waals surface area contributed by atoms with Crippen LogP contribution in [0.25, 0.3) is 0 Å². The molecule has 0 saturated carbocycles. The SMILES string of the molecule is CCOC(=O)c1ccc(NC(=O)c2ccc(S(=O)(=O)N(CCCl)CCCl)cc2)cc1. The zero-order chi connectivity index (χ0) is 22.1. The van der Waals surface area contributed by atoms with Gasteiger partial charge in [0.25, 0.3) is 5.91 Å². The molecule has 0 radical (unpaired) electrons. The Morgan fingerprint density at radius 1 is 0.933 bits per heavy atom. The van der Waals surface area contributed by atoms with Crippen LogP contribution in [0.5, 0.6) is 0 Å². The fourth-order valence-corrected chi connectivity index (χ4v) is 4.63. The van der Waals surface area contributed by atoms with Crippen LogP contribution in [0.1, 0.15) is 27.6 Å². The number of anilines is 1. The van der Waals surface area contributed by atoms with E-state index in [0.29, 0.717) is 11.3 Å². The van der Waals surface area contributed by atoms with E-state index in [0.717, 1.165) is 0 Å². The summed E-state index contributed by atoms with van der Waals surface area (Å²) in [5.74, 6) is -0.567. The van der Waals surface area contributed by atoms with Gasteiger partial charge in [-0.1, -0.05) is 0 Å². The highest BCUT2D eigenvalue weighted by Crippen LogP contribution is 2.18. The number of nitrogens with zero attached hydrogens (tertiary/aromatic N) is 1. The van der Waals surface area contributed by atoms with Gasteiger partial charge < -0.3 is 10.1 Å². The number of halogens is 2. The average molecular weight is 473 g/mol. The van der Waals surface area contributed by atoms with Crippen molar-refractivity contribution < 1.29 is 22.7 Å². The molecule has 0 heterocycles. The number of carbonyl (C=O) groups is 2. The number of rotatable bonds is 10. The summed E-state index contributed by atoms with van der Waals surface area (Å²) in [7, 11) is -3.76. The topological polar surface area (TPSA) is 92.8 Å². The largest absolute Gasteiger partial charge is 0.462 e. The van der Waals surface area contributed by atoms with Crippen molar-refractivity contribution in [1.82, 2.24) is 4.31 Å². The third kappa shape index (κ3) is 6.18. The number of ether oxygens (including phenoxy) is 1.